The molecular formula is C17H17N5O4. The maximum Gasteiger partial charge on any atom is 0.254 e. The molecule has 3 aromatic rings. The van der Waals surface area contributed by atoms with Crippen molar-refractivity contribution in [2.24, 2.45) is 0 Å². The minimum Gasteiger partial charge on any atom is -0.497 e. The van der Waals surface area contributed by atoms with Crippen molar-refractivity contribution in [3.63, 3.8) is 0 Å². The molecule has 1 saturated heterocycles. The van der Waals surface area contributed by atoms with Gasteiger partial charge in [-0.2, -0.15) is 9.50 Å². The highest BCUT2D eigenvalue weighted by molar-refractivity contribution is 5.93. The van der Waals surface area contributed by atoms with Crippen molar-refractivity contribution < 1.29 is 14.3 Å². The highest BCUT2D eigenvalue weighted by atomic mass is 16.5. The van der Waals surface area contributed by atoms with E-state index in [1.807, 2.05) is 12.1 Å². The van der Waals surface area contributed by atoms with Crippen LogP contribution < -0.4 is 15.6 Å². The zero-order chi connectivity index (χ0) is 18.1. The Labute approximate surface area is 148 Å². The number of aromatic amines is 1. The molecule has 0 radical (unpaired) electrons. The zero-order valence-electron chi connectivity index (χ0n) is 14.1. The number of benzene rings is 1. The van der Waals surface area contributed by atoms with Gasteiger partial charge < -0.3 is 14.8 Å². The van der Waals surface area contributed by atoms with E-state index in [0.29, 0.717) is 18.9 Å². The van der Waals surface area contributed by atoms with Crippen LogP contribution in [0.15, 0.2) is 35.1 Å². The Hall–Kier alpha value is -3.20. The van der Waals surface area contributed by atoms with Crippen molar-refractivity contribution in [1.29, 1.82) is 0 Å². The lowest BCUT2D eigenvalue weighted by Crippen LogP contribution is -2.28. The summed E-state index contributed by atoms with van der Waals surface area (Å²) in [6.45, 7) is 0.563. The molecule has 0 spiro atoms. The van der Waals surface area contributed by atoms with E-state index in [9.17, 15) is 9.59 Å². The molecule has 26 heavy (non-hydrogen) atoms. The Morgan fingerprint density at radius 2 is 2.19 bits per heavy atom. The molecule has 2 aromatic heterocycles. The van der Waals surface area contributed by atoms with Crippen LogP contribution in [-0.2, 0) is 9.53 Å². The fourth-order valence-electron chi connectivity index (χ4n) is 2.84. The molecule has 3 heterocycles. The molecule has 1 fully saturated rings. The summed E-state index contributed by atoms with van der Waals surface area (Å²) >= 11 is 0. The van der Waals surface area contributed by atoms with E-state index in [2.05, 4.69) is 20.4 Å². The molecule has 134 valence electrons. The van der Waals surface area contributed by atoms with Crippen molar-refractivity contribution in [3.05, 3.63) is 40.7 Å². The fourth-order valence-corrected chi connectivity index (χ4v) is 2.84. The lowest BCUT2D eigenvalue weighted by molar-refractivity contribution is -0.124. The smallest absolute Gasteiger partial charge is 0.254 e. The summed E-state index contributed by atoms with van der Waals surface area (Å²) < 4.78 is 11.9. The quantitative estimate of drug-likeness (QED) is 0.728. The van der Waals surface area contributed by atoms with Crippen LogP contribution >= 0.6 is 0 Å². The second-order valence-electron chi connectivity index (χ2n) is 5.91. The number of ether oxygens (including phenoxy) is 2. The van der Waals surface area contributed by atoms with Crippen LogP contribution in [-0.4, -0.2) is 45.3 Å². The van der Waals surface area contributed by atoms with Crippen LogP contribution in [0.1, 0.15) is 12.8 Å². The summed E-state index contributed by atoms with van der Waals surface area (Å²) in [5, 5.41) is 7.11. The number of nitrogens with one attached hydrogen (secondary N) is 2. The van der Waals surface area contributed by atoms with Gasteiger partial charge in [0.25, 0.3) is 11.5 Å². The highest BCUT2D eigenvalue weighted by Crippen LogP contribution is 2.21. The third-order valence-corrected chi connectivity index (χ3v) is 4.16. The van der Waals surface area contributed by atoms with Gasteiger partial charge in [0.1, 0.15) is 17.7 Å². The van der Waals surface area contributed by atoms with Gasteiger partial charge in [0.2, 0.25) is 5.78 Å². The van der Waals surface area contributed by atoms with Gasteiger partial charge >= 0.3 is 0 Å². The predicted molar refractivity (Wildman–Crippen MR) is 93.2 cm³/mol. The zero-order valence-corrected chi connectivity index (χ0v) is 14.1. The number of rotatable bonds is 4. The number of amides is 1. The number of anilines is 1. The number of H-pyrrole nitrogens is 1. The van der Waals surface area contributed by atoms with E-state index in [4.69, 9.17) is 9.47 Å². The van der Waals surface area contributed by atoms with E-state index < -0.39 is 6.10 Å². The Bertz CT molecular complexity index is 1000. The third-order valence-electron chi connectivity index (χ3n) is 4.16. The topological polar surface area (TPSA) is 111 Å². The Balaban J connectivity index is 1.70. The Kier molecular flexibility index (Phi) is 4.13. The number of aromatic nitrogens is 4. The minimum atomic E-state index is -0.506. The molecular weight excluding hydrogens is 338 g/mol. The molecule has 0 bridgehead atoms. The average Bonchev–Trinajstić information content (AvgIpc) is 3.31. The third kappa shape index (κ3) is 3.04. The van der Waals surface area contributed by atoms with Crippen LogP contribution in [0.5, 0.6) is 5.75 Å². The average molecular weight is 355 g/mol. The second kappa shape index (κ2) is 6.60. The number of methoxy groups -OCH3 is 1. The second-order valence-corrected chi connectivity index (χ2v) is 5.91. The summed E-state index contributed by atoms with van der Waals surface area (Å²) in [6, 6.07) is 8.49. The molecule has 1 aliphatic heterocycles. The maximum atomic E-state index is 12.3. The summed E-state index contributed by atoms with van der Waals surface area (Å²) in [7, 11) is 1.59. The number of carbonyl (C=O) groups is 1. The number of hydrogen-bond acceptors (Lipinski definition) is 6. The molecule has 9 nitrogen and oxygen atoms in total. The molecule has 1 aromatic carbocycles. The van der Waals surface area contributed by atoms with Crippen LogP contribution in [0.2, 0.25) is 0 Å². The molecule has 1 amide bonds. The van der Waals surface area contributed by atoms with E-state index >= 15 is 0 Å². The summed E-state index contributed by atoms with van der Waals surface area (Å²) in [5.41, 5.74) is 0.376. The summed E-state index contributed by atoms with van der Waals surface area (Å²) in [6.07, 6.45) is 0.995. The van der Waals surface area contributed by atoms with Crippen molar-refractivity contribution in [3.8, 4) is 17.1 Å². The van der Waals surface area contributed by atoms with Crippen LogP contribution in [0, 0.1) is 0 Å². The van der Waals surface area contributed by atoms with Gasteiger partial charge in [0.05, 0.1) is 7.11 Å². The number of carbonyl (C=O) groups excluding carboxylic acids is 1. The predicted octanol–water partition coefficient (Wildman–Crippen LogP) is 1.21. The first-order valence-corrected chi connectivity index (χ1v) is 8.21. The molecule has 4 rings (SSSR count). The number of nitrogens with zero attached hydrogens (tertiary/aromatic N) is 3. The van der Waals surface area contributed by atoms with Crippen LogP contribution in [0.4, 0.5) is 5.82 Å². The Morgan fingerprint density at radius 3 is 2.88 bits per heavy atom. The molecule has 1 aliphatic rings. The lowest BCUT2D eigenvalue weighted by Gasteiger charge is -2.10. The SMILES string of the molecule is COc1ccc(-c2nc3[nH]c(=O)cc(NC(=O)[C@H]4CCCO4)n3n2)cc1. The van der Waals surface area contributed by atoms with Gasteiger partial charge in [-0.3, -0.25) is 14.6 Å². The largest absolute Gasteiger partial charge is 0.497 e. The molecule has 1 atom stereocenters. The van der Waals surface area contributed by atoms with E-state index in [1.54, 1.807) is 19.2 Å². The molecule has 0 saturated carbocycles. The lowest BCUT2D eigenvalue weighted by atomic mass is 10.2. The Morgan fingerprint density at radius 1 is 1.38 bits per heavy atom. The van der Waals surface area contributed by atoms with Gasteiger partial charge in [0, 0.05) is 18.2 Å². The first-order valence-electron chi connectivity index (χ1n) is 8.21. The van der Waals surface area contributed by atoms with Gasteiger partial charge in [-0.1, -0.05) is 0 Å². The van der Waals surface area contributed by atoms with E-state index in [0.717, 1.165) is 17.7 Å². The highest BCUT2D eigenvalue weighted by Gasteiger charge is 2.24. The molecule has 0 unspecified atom stereocenters. The van der Waals surface area contributed by atoms with Crippen molar-refractivity contribution >= 4 is 17.5 Å². The van der Waals surface area contributed by atoms with Gasteiger partial charge in [-0.05, 0) is 37.1 Å². The maximum absolute atomic E-state index is 12.3. The van der Waals surface area contributed by atoms with Crippen molar-refractivity contribution in [1.82, 2.24) is 19.6 Å². The number of fused-ring (bicyclic) bond motifs is 1. The first kappa shape index (κ1) is 16.3. The van der Waals surface area contributed by atoms with E-state index in [1.165, 1.54) is 10.6 Å². The molecule has 0 aliphatic carbocycles. The monoisotopic (exact) mass is 355 g/mol. The van der Waals surface area contributed by atoms with Crippen LogP contribution in [0.25, 0.3) is 17.2 Å². The first-order chi connectivity index (χ1) is 12.6. The van der Waals surface area contributed by atoms with Gasteiger partial charge in [0.15, 0.2) is 5.82 Å². The van der Waals surface area contributed by atoms with Crippen molar-refractivity contribution in [2.45, 2.75) is 18.9 Å². The molecule has 2 N–H and O–H groups in total. The van der Waals surface area contributed by atoms with E-state index in [-0.39, 0.29) is 23.1 Å². The normalized spacial score (nSPS) is 16.7. The fraction of sp³-hybridized carbons (Fsp3) is 0.294. The standard InChI is InChI=1S/C17H17N5O4/c1-25-11-6-4-10(5-7-11)15-20-17-19-14(23)9-13(22(17)21-15)18-16(24)12-3-2-8-26-12/h4-7,9,12H,2-3,8H2,1H3,(H,18,24)(H,19,20,21,23)/t12-/m1/s1. The van der Waals surface area contributed by atoms with Crippen LogP contribution in [0.3, 0.4) is 0 Å². The number of hydrogen-bond donors (Lipinski definition) is 2. The summed E-state index contributed by atoms with van der Waals surface area (Å²) in [4.78, 5) is 31.1. The van der Waals surface area contributed by atoms with Crippen molar-refractivity contribution in [2.75, 3.05) is 19.0 Å². The van der Waals surface area contributed by atoms with Gasteiger partial charge in [-0.25, -0.2) is 0 Å². The summed E-state index contributed by atoms with van der Waals surface area (Å²) in [5.74, 6) is 1.33. The molecule has 9 heteroatoms. The van der Waals surface area contributed by atoms with Gasteiger partial charge in [-0.15, -0.1) is 5.10 Å². The minimum absolute atomic E-state index is 0.242.